The van der Waals surface area contributed by atoms with E-state index in [9.17, 15) is 4.79 Å². The molecule has 1 unspecified atom stereocenters. The van der Waals surface area contributed by atoms with E-state index in [0.717, 1.165) is 34.8 Å². The van der Waals surface area contributed by atoms with E-state index < -0.39 is 0 Å². The first-order valence-corrected chi connectivity index (χ1v) is 7.85. The van der Waals surface area contributed by atoms with Gasteiger partial charge in [-0.25, -0.2) is 4.68 Å². The van der Waals surface area contributed by atoms with Crippen LogP contribution in [0.25, 0.3) is 5.69 Å². The fourth-order valence-electron chi connectivity index (χ4n) is 3.38. The van der Waals surface area contributed by atoms with Crippen LogP contribution >= 0.6 is 0 Å². The van der Waals surface area contributed by atoms with Gasteiger partial charge in [0.1, 0.15) is 5.76 Å². The summed E-state index contributed by atoms with van der Waals surface area (Å²) in [5.74, 6) is 1.12. The molecule has 0 saturated carbocycles. The molecule has 0 aliphatic heterocycles. The quantitative estimate of drug-likeness (QED) is 0.719. The average Bonchev–Trinajstić information content (AvgIpc) is 3.16. The SMILES string of the molecule is Cc1ccc(-n2nc(C)c3c2CC(c2ccco2)CC3=O)cc1. The Morgan fingerprint density at radius 3 is 2.61 bits per heavy atom. The number of carbonyl (C=O) groups is 1. The van der Waals surface area contributed by atoms with Gasteiger partial charge in [-0.15, -0.1) is 0 Å². The van der Waals surface area contributed by atoms with Crippen LogP contribution in [0.1, 0.15) is 45.4 Å². The van der Waals surface area contributed by atoms with Gasteiger partial charge in [-0.2, -0.15) is 5.10 Å². The van der Waals surface area contributed by atoms with Gasteiger partial charge in [-0.3, -0.25) is 4.79 Å². The molecule has 2 aromatic heterocycles. The number of aryl methyl sites for hydroxylation is 2. The Morgan fingerprint density at radius 2 is 1.91 bits per heavy atom. The molecule has 0 radical (unpaired) electrons. The van der Waals surface area contributed by atoms with E-state index in [2.05, 4.69) is 24.2 Å². The van der Waals surface area contributed by atoms with E-state index >= 15 is 0 Å². The molecule has 0 N–H and O–H groups in total. The Labute approximate surface area is 134 Å². The second kappa shape index (κ2) is 5.23. The molecule has 1 aliphatic rings. The molecule has 4 rings (SSSR count). The molecule has 0 fully saturated rings. The summed E-state index contributed by atoms with van der Waals surface area (Å²) in [6.45, 7) is 3.97. The second-order valence-corrected chi connectivity index (χ2v) is 6.20. The van der Waals surface area contributed by atoms with E-state index in [1.165, 1.54) is 5.56 Å². The van der Waals surface area contributed by atoms with Gasteiger partial charge in [-0.05, 0) is 38.1 Å². The third-order valence-electron chi connectivity index (χ3n) is 4.53. The first kappa shape index (κ1) is 14.0. The number of benzene rings is 1. The van der Waals surface area contributed by atoms with Crippen molar-refractivity contribution in [3.05, 3.63) is 70.9 Å². The van der Waals surface area contributed by atoms with Gasteiger partial charge in [-0.1, -0.05) is 17.7 Å². The predicted octanol–water partition coefficient (Wildman–Crippen LogP) is 3.99. The van der Waals surface area contributed by atoms with Crippen LogP contribution in [0.2, 0.25) is 0 Å². The molecule has 116 valence electrons. The van der Waals surface area contributed by atoms with Crippen LogP contribution in [0.4, 0.5) is 0 Å². The molecule has 1 atom stereocenters. The van der Waals surface area contributed by atoms with Crippen LogP contribution in [0.15, 0.2) is 47.1 Å². The Hall–Kier alpha value is -2.62. The normalized spacial score (nSPS) is 17.3. The highest BCUT2D eigenvalue weighted by molar-refractivity contribution is 6.00. The topological polar surface area (TPSA) is 48.0 Å². The number of ketones is 1. The fourth-order valence-corrected chi connectivity index (χ4v) is 3.38. The third kappa shape index (κ3) is 2.31. The van der Waals surface area contributed by atoms with Gasteiger partial charge in [0.15, 0.2) is 5.78 Å². The van der Waals surface area contributed by atoms with Crippen molar-refractivity contribution >= 4 is 5.78 Å². The molecule has 4 nitrogen and oxygen atoms in total. The highest BCUT2D eigenvalue weighted by Crippen LogP contribution is 2.35. The zero-order chi connectivity index (χ0) is 16.0. The van der Waals surface area contributed by atoms with Crippen molar-refractivity contribution in [3.63, 3.8) is 0 Å². The summed E-state index contributed by atoms with van der Waals surface area (Å²) in [6, 6.07) is 12.0. The number of Topliss-reactive ketones (excluding diaryl/α,β-unsaturated/α-hetero) is 1. The van der Waals surface area contributed by atoms with Gasteiger partial charge < -0.3 is 4.42 Å². The van der Waals surface area contributed by atoms with E-state index in [4.69, 9.17) is 4.42 Å². The third-order valence-corrected chi connectivity index (χ3v) is 4.53. The maximum Gasteiger partial charge on any atom is 0.167 e. The summed E-state index contributed by atoms with van der Waals surface area (Å²) in [6.07, 6.45) is 2.92. The lowest BCUT2D eigenvalue weighted by atomic mass is 9.84. The fraction of sp³-hybridized carbons (Fsp3) is 0.263. The first-order valence-electron chi connectivity index (χ1n) is 7.85. The van der Waals surface area contributed by atoms with Crippen LogP contribution in [-0.4, -0.2) is 15.6 Å². The van der Waals surface area contributed by atoms with Crippen LogP contribution in [-0.2, 0) is 6.42 Å². The van der Waals surface area contributed by atoms with Crippen LogP contribution < -0.4 is 0 Å². The van der Waals surface area contributed by atoms with Gasteiger partial charge in [0, 0.05) is 18.8 Å². The van der Waals surface area contributed by atoms with E-state index in [1.54, 1.807) is 6.26 Å². The molecule has 0 spiro atoms. The molecule has 4 heteroatoms. The summed E-state index contributed by atoms with van der Waals surface area (Å²) in [4.78, 5) is 12.6. The van der Waals surface area contributed by atoms with Crippen molar-refractivity contribution in [3.8, 4) is 5.69 Å². The predicted molar refractivity (Wildman–Crippen MR) is 87.1 cm³/mol. The zero-order valence-electron chi connectivity index (χ0n) is 13.2. The Morgan fingerprint density at radius 1 is 1.13 bits per heavy atom. The molecule has 0 saturated heterocycles. The molecular weight excluding hydrogens is 288 g/mol. The summed E-state index contributed by atoms with van der Waals surface area (Å²) < 4.78 is 7.44. The largest absolute Gasteiger partial charge is 0.469 e. The first-order chi connectivity index (χ1) is 11.1. The number of hydrogen-bond donors (Lipinski definition) is 0. The van der Waals surface area contributed by atoms with Crippen molar-refractivity contribution < 1.29 is 9.21 Å². The van der Waals surface area contributed by atoms with E-state index in [-0.39, 0.29) is 11.7 Å². The minimum atomic E-state index is 0.0882. The van der Waals surface area contributed by atoms with Crippen molar-refractivity contribution in [1.29, 1.82) is 0 Å². The lowest BCUT2D eigenvalue weighted by Gasteiger charge is -2.21. The van der Waals surface area contributed by atoms with Gasteiger partial charge in [0.2, 0.25) is 0 Å². The molecule has 0 bridgehead atoms. The number of nitrogens with zero attached hydrogens (tertiary/aromatic N) is 2. The molecule has 1 aliphatic carbocycles. The maximum atomic E-state index is 12.6. The minimum absolute atomic E-state index is 0.0882. The molecule has 23 heavy (non-hydrogen) atoms. The zero-order valence-corrected chi connectivity index (χ0v) is 13.2. The minimum Gasteiger partial charge on any atom is -0.469 e. The summed E-state index contributed by atoms with van der Waals surface area (Å²) in [7, 11) is 0. The van der Waals surface area contributed by atoms with E-state index in [0.29, 0.717) is 6.42 Å². The number of aromatic nitrogens is 2. The number of fused-ring (bicyclic) bond motifs is 1. The molecule has 2 heterocycles. The Kier molecular flexibility index (Phi) is 3.18. The number of rotatable bonds is 2. The summed E-state index contributed by atoms with van der Waals surface area (Å²) in [5, 5.41) is 4.62. The molecule has 3 aromatic rings. The maximum absolute atomic E-state index is 12.6. The standard InChI is InChI=1S/C19H18N2O2/c1-12-5-7-15(8-6-12)21-16-10-14(18-4-3-9-23-18)11-17(22)19(16)13(2)20-21/h3-9,14H,10-11H2,1-2H3. The van der Waals surface area contributed by atoms with Crippen LogP contribution in [0.5, 0.6) is 0 Å². The van der Waals surface area contributed by atoms with Crippen molar-refractivity contribution in [2.75, 3.05) is 0 Å². The lowest BCUT2D eigenvalue weighted by Crippen LogP contribution is -2.20. The second-order valence-electron chi connectivity index (χ2n) is 6.20. The Bertz CT molecular complexity index is 858. The van der Waals surface area contributed by atoms with Crippen molar-refractivity contribution in [2.45, 2.75) is 32.6 Å². The molecule has 1 aromatic carbocycles. The van der Waals surface area contributed by atoms with Crippen molar-refractivity contribution in [2.24, 2.45) is 0 Å². The van der Waals surface area contributed by atoms with Gasteiger partial charge in [0.25, 0.3) is 0 Å². The monoisotopic (exact) mass is 306 g/mol. The number of carbonyl (C=O) groups excluding carboxylic acids is 1. The number of furan rings is 1. The van der Waals surface area contributed by atoms with E-state index in [1.807, 2.05) is 35.9 Å². The summed E-state index contributed by atoms with van der Waals surface area (Å²) in [5.41, 5.74) is 4.78. The highest BCUT2D eigenvalue weighted by atomic mass is 16.3. The van der Waals surface area contributed by atoms with Gasteiger partial charge >= 0.3 is 0 Å². The smallest absolute Gasteiger partial charge is 0.167 e. The lowest BCUT2D eigenvalue weighted by molar-refractivity contribution is 0.0959. The molecule has 0 amide bonds. The van der Waals surface area contributed by atoms with Crippen LogP contribution in [0, 0.1) is 13.8 Å². The van der Waals surface area contributed by atoms with Crippen LogP contribution in [0.3, 0.4) is 0 Å². The average molecular weight is 306 g/mol. The highest BCUT2D eigenvalue weighted by Gasteiger charge is 2.33. The number of hydrogen-bond acceptors (Lipinski definition) is 3. The van der Waals surface area contributed by atoms with Gasteiger partial charge in [0.05, 0.1) is 28.9 Å². The van der Waals surface area contributed by atoms with Crippen molar-refractivity contribution in [1.82, 2.24) is 9.78 Å². The molecular formula is C19H18N2O2. The summed E-state index contributed by atoms with van der Waals surface area (Å²) >= 11 is 0. The Balaban J connectivity index is 1.81.